The minimum absolute atomic E-state index is 0.241. The summed E-state index contributed by atoms with van der Waals surface area (Å²) in [4.78, 5) is 27.4. The predicted molar refractivity (Wildman–Crippen MR) is 135 cm³/mol. The van der Waals surface area contributed by atoms with Crippen molar-refractivity contribution in [2.45, 2.75) is 20.0 Å². The van der Waals surface area contributed by atoms with Gasteiger partial charge in [-0.1, -0.05) is 71.8 Å². The number of hydrogen-bond donors (Lipinski definition) is 0. The van der Waals surface area contributed by atoms with E-state index in [-0.39, 0.29) is 17.7 Å². The standard InChI is InChI=1S/C27H21ClN2O2S/c1-18-9-11-19(12-10-18)16-30-26(31)25(33-27(30)32)14-21-17-29(24-8-3-2-7-23(21)24)15-20-5-4-6-22(28)13-20/h2-14,17H,15-16H2,1H3/b25-14-. The molecule has 0 unspecified atom stereocenters. The van der Waals surface area contributed by atoms with Crippen molar-refractivity contribution in [3.05, 3.63) is 111 Å². The summed E-state index contributed by atoms with van der Waals surface area (Å²) >= 11 is 7.16. The van der Waals surface area contributed by atoms with E-state index >= 15 is 0 Å². The van der Waals surface area contributed by atoms with Crippen molar-refractivity contribution in [1.29, 1.82) is 0 Å². The van der Waals surface area contributed by atoms with Gasteiger partial charge in [-0.05, 0) is 54.1 Å². The number of aryl methyl sites for hydroxylation is 1. The molecule has 0 radical (unpaired) electrons. The van der Waals surface area contributed by atoms with E-state index in [0.29, 0.717) is 16.5 Å². The second-order valence-electron chi connectivity index (χ2n) is 8.11. The fourth-order valence-electron chi connectivity index (χ4n) is 4.01. The number of halogens is 1. The molecule has 0 atom stereocenters. The van der Waals surface area contributed by atoms with Crippen LogP contribution in [0.3, 0.4) is 0 Å². The second-order valence-corrected chi connectivity index (χ2v) is 9.54. The van der Waals surface area contributed by atoms with Gasteiger partial charge in [0.15, 0.2) is 0 Å². The Morgan fingerprint density at radius 3 is 2.48 bits per heavy atom. The Kier molecular flexibility index (Phi) is 5.83. The maximum Gasteiger partial charge on any atom is 0.293 e. The van der Waals surface area contributed by atoms with Gasteiger partial charge >= 0.3 is 0 Å². The van der Waals surface area contributed by atoms with Crippen molar-refractivity contribution in [2.24, 2.45) is 0 Å². The van der Waals surface area contributed by atoms with Crippen molar-refractivity contribution < 1.29 is 9.59 Å². The molecule has 0 saturated carbocycles. The summed E-state index contributed by atoms with van der Waals surface area (Å²) in [5.74, 6) is -0.253. The molecule has 0 N–H and O–H groups in total. The molecule has 0 aliphatic carbocycles. The number of rotatable bonds is 5. The van der Waals surface area contributed by atoms with E-state index in [1.165, 1.54) is 4.90 Å². The maximum absolute atomic E-state index is 13.1. The highest BCUT2D eigenvalue weighted by molar-refractivity contribution is 8.18. The zero-order valence-corrected chi connectivity index (χ0v) is 19.6. The summed E-state index contributed by atoms with van der Waals surface area (Å²) in [7, 11) is 0. The quantitative estimate of drug-likeness (QED) is 0.297. The summed E-state index contributed by atoms with van der Waals surface area (Å²) in [6.45, 7) is 2.94. The largest absolute Gasteiger partial charge is 0.342 e. The number of fused-ring (bicyclic) bond motifs is 1. The molecule has 6 heteroatoms. The van der Waals surface area contributed by atoms with Crippen LogP contribution in [-0.2, 0) is 17.9 Å². The molecule has 3 aromatic carbocycles. The molecule has 2 amide bonds. The molecular formula is C27H21ClN2O2S. The van der Waals surface area contributed by atoms with Crippen LogP contribution in [0.15, 0.2) is 83.9 Å². The molecule has 1 saturated heterocycles. The van der Waals surface area contributed by atoms with Gasteiger partial charge in [0.2, 0.25) is 0 Å². The Balaban J connectivity index is 1.45. The first-order valence-electron chi connectivity index (χ1n) is 10.6. The van der Waals surface area contributed by atoms with Gasteiger partial charge in [0.1, 0.15) is 0 Å². The van der Waals surface area contributed by atoms with Gasteiger partial charge in [-0.2, -0.15) is 0 Å². The van der Waals surface area contributed by atoms with Crippen LogP contribution in [0.25, 0.3) is 17.0 Å². The first-order chi connectivity index (χ1) is 16.0. The molecule has 164 valence electrons. The third kappa shape index (κ3) is 4.47. The molecule has 2 heterocycles. The van der Waals surface area contributed by atoms with Gasteiger partial charge in [-0.25, -0.2) is 0 Å². The number of para-hydroxylation sites is 1. The fraction of sp³-hybridized carbons (Fsp3) is 0.111. The molecule has 33 heavy (non-hydrogen) atoms. The van der Waals surface area contributed by atoms with E-state index in [1.807, 2.05) is 85.9 Å². The Morgan fingerprint density at radius 1 is 0.909 bits per heavy atom. The van der Waals surface area contributed by atoms with Crippen LogP contribution in [0.4, 0.5) is 4.79 Å². The van der Waals surface area contributed by atoms with Crippen molar-refractivity contribution in [3.8, 4) is 0 Å². The Bertz CT molecular complexity index is 1410. The van der Waals surface area contributed by atoms with Gasteiger partial charge in [0.25, 0.3) is 11.1 Å². The van der Waals surface area contributed by atoms with E-state index in [1.54, 1.807) is 0 Å². The molecule has 0 spiro atoms. The smallest absolute Gasteiger partial charge is 0.293 e. The molecular weight excluding hydrogens is 452 g/mol. The fourth-order valence-corrected chi connectivity index (χ4v) is 5.05. The predicted octanol–water partition coefficient (Wildman–Crippen LogP) is 6.89. The maximum atomic E-state index is 13.1. The number of thioether (sulfide) groups is 1. The highest BCUT2D eigenvalue weighted by Gasteiger charge is 2.35. The summed E-state index contributed by atoms with van der Waals surface area (Å²) < 4.78 is 2.14. The Hall–Kier alpha value is -3.28. The van der Waals surface area contributed by atoms with Crippen molar-refractivity contribution in [1.82, 2.24) is 9.47 Å². The van der Waals surface area contributed by atoms with Crippen molar-refractivity contribution in [2.75, 3.05) is 0 Å². The molecule has 4 nitrogen and oxygen atoms in total. The van der Waals surface area contributed by atoms with Crippen LogP contribution in [0.5, 0.6) is 0 Å². The van der Waals surface area contributed by atoms with Gasteiger partial charge in [0.05, 0.1) is 11.4 Å². The molecule has 0 bridgehead atoms. The molecule has 1 aromatic heterocycles. The third-order valence-electron chi connectivity index (χ3n) is 5.68. The van der Waals surface area contributed by atoms with Crippen LogP contribution in [0, 0.1) is 6.92 Å². The summed E-state index contributed by atoms with van der Waals surface area (Å²) in [6.07, 6.45) is 3.86. The molecule has 4 aromatic rings. The van der Waals surface area contributed by atoms with Gasteiger partial charge in [-0.3, -0.25) is 14.5 Å². The molecule has 1 fully saturated rings. The summed E-state index contributed by atoms with van der Waals surface area (Å²) in [6, 6.07) is 23.7. The number of imide groups is 1. The second kappa shape index (κ2) is 8.93. The first-order valence-corrected chi connectivity index (χ1v) is 11.8. The number of aromatic nitrogens is 1. The van der Waals surface area contributed by atoms with Crippen LogP contribution in [0.1, 0.15) is 22.3 Å². The highest BCUT2D eigenvalue weighted by Crippen LogP contribution is 2.35. The summed E-state index contributed by atoms with van der Waals surface area (Å²) in [5, 5.41) is 1.49. The number of carbonyl (C=O) groups excluding carboxylic acids is 2. The van der Waals surface area contributed by atoms with Crippen LogP contribution in [0.2, 0.25) is 5.02 Å². The van der Waals surface area contributed by atoms with E-state index in [0.717, 1.165) is 44.9 Å². The van der Waals surface area contributed by atoms with E-state index in [9.17, 15) is 9.59 Å². The highest BCUT2D eigenvalue weighted by atomic mass is 35.5. The van der Waals surface area contributed by atoms with Gasteiger partial charge < -0.3 is 4.57 Å². The molecule has 1 aliphatic heterocycles. The topological polar surface area (TPSA) is 42.3 Å². The zero-order chi connectivity index (χ0) is 22.9. The van der Waals surface area contributed by atoms with Crippen molar-refractivity contribution in [3.63, 3.8) is 0 Å². The zero-order valence-electron chi connectivity index (χ0n) is 18.0. The van der Waals surface area contributed by atoms with E-state index in [4.69, 9.17) is 11.6 Å². The molecule has 1 aliphatic rings. The monoisotopic (exact) mass is 472 g/mol. The first kappa shape index (κ1) is 21.6. The average Bonchev–Trinajstić information content (AvgIpc) is 3.27. The lowest BCUT2D eigenvalue weighted by Crippen LogP contribution is -2.27. The number of carbonyl (C=O) groups is 2. The number of benzene rings is 3. The minimum Gasteiger partial charge on any atom is -0.342 e. The number of nitrogens with zero attached hydrogens (tertiary/aromatic N) is 2. The number of amides is 2. The van der Waals surface area contributed by atoms with Gasteiger partial charge in [-0.15, -0.1) is 0 Å². The SMILES string of the molecule is Cc1ccc(CN2C(=O)S/C(=C\c3cn(Cc4cccc(Cl)c4)c4ccccc34)C2=O)cc1. The van der Waals surface area contributed by atoms with Crippen LogP contribution in [-0.4, -0.2) is 20.6 Å². The van der Waals surface area contributed by atoms with Crippen LogP contribution < -0.4 is 0 Å². The Labute approximate surface area is 201 Å². The van der Waals surface area contributed by atoms with Gasteiger partial charge in [0, 0.05) is 34.2 Å². The van der Waals surface area contributed by atoms with E-state index in [2.05, 4.69) is 10.6 Å². The number of hydrogen-bond acceptors (Lipinski definition) is 3. The lowest BCUT2D eigenvalue weighted by atomic mass is 10.1. The summed E-state index contributed by atoms with van der Waals surface area (Å²) in [5.41, 5.74) is 5.13. The lowest BCUT2D eigenvalue weighted by molar-refractivity contribution is -0.123. The van der Waals surface area contributed by atoms with E-state index < -0.39 is 0 Å². The molecule has 5 rings (SSSR count). The lowest BCUT2D eigenvalue weighted by Gasteiger charge is -2.12. The third-order valence-corrected chi connectivity index (χ3v) is 6.83. The van der Waals surface area contributed by atoms with Crippen LogP contribution >= 0.6 is 23.4 Å². The minimum atomic E-state index is -0.253. The normalized spacial score (nSPS) is 15.2. The van der Waals surface area contributed by atoms with Crippen molar-refractivity contribution >= 4 is 51.5 Å². The Morgan fingerprint density at radius 2 is 1.70 bits per heavy atom. The average molecular weight is 473 g/mol.